The standard InChI is InChI=1S/C15H20BrN3O2/c1-11-8-12(10-13(16)9-11)14(20)18-4-6-19(7-5-18)15(21)17(2)3/h8-10H,4-7H2,1-3H3. The van der Waals surface area contributed by atoms with Crippen molar-refractivity contribution in [2.45, 2.75) is 6.92 Å². The Bertz CT molecular complexity index is 532. The van der Waals surface area contributed by atoms with Crippen LogP contribution in [0.5, 0.6) is 0 Å². The molecule has 1 saturated heterocycles. The summed E-state index contributed by atoms with van der Waals surface area (Å²) in [6.07, 6.45) is 0. The Morgan fingerprint density at radius 3 is 2.14 bits per heavy atom. The van der Waals surface area contributed by atoms with Gasteiger partial charge in [0.25, 0.3) is 5.91 Å². The molecule has 1 aromatic carbocycles. The average molecular weight is 354 g/mol. The van der Waals surface area contributed by atoms with Crippen molar-refractivity contribution in [1.82, 2.24) is 14.7 Å². The summed E-state index contributed by atoms with van der Waals surface area (Å²) < 4.78 is 0.910. The molecule has 3 amide bonds. The van der Waals surface area contributed by atoms with Gasteiger partial charge >= 0.3 is 6.03 Å². The Morgan fingerprint density at radius 1 is 1.05 bits per heavy atom. The van der Waals surface area contributed by atoms with Crippen molar-refractivity contribution in [2.24, 2.45) is 0 Å². The van der Waals surface area contributed by atoms with Crippen LogP contribution in [0.2, 0.25) is 0 Å². The van der Waals surface area contributed by atoms with Crippen molar-refractivity contribution in [3.63, 3.8) is 0 Å². The van der Waals surface area contributed by atoms with Crippen LogP contribution >= 0.6 is 15.9 Å². The summed E-state index contributed by atoms with van der Waals surface area (Å²) in [5, 5.41) is 0. The molecule has 1 fully saturated rings. The van der Waals surface area contributed by atoms with E-state index in [0.29, 0.717) is 31.7 Å². The van der Waals surface area contributed by atoms with E-state index in [1.807, 2.05) is 25.1 Å². The van der Waals surface area contributed by atoms with E-state index in [1.165, 1.54) is 0 Å². The maximum absolute atomic E-state index is 12.5. The molecule has 114 valence electrons. The van der Waals surface area contributed by atoms with E-state index in [9.17, 15) is 9.59 Å². The van der Waals surface area contributed by atoms with Crippen molar-refractivity contribution < 1.29 is 9.59 Å². The minimum Gasteiger partial charge on any atom is -0.335 e. The Morgan fingerprint density at radius 2 is 1.62 bits per heavy atom. The summed E-state index contributed by atoms with van der Waals surface area (Å²) in [7, 11) is 3.48. The van der Waals surface area contributed by atoms with Crippen molar-refractivity contribution >= 4 is 27.9 Å². The lowest BCUT2D eigenvalue weighted by Gasteiger charge is -2.36. The first-order valence-corrected chi connectivity index (χ1v) is 7.70. The summed E-state index contributed by atoms with van der Waals surface area (Å²) in [5.74, 6) is 0.0244. The highest BCUT2D eigenvalue weighted by atomic mass is 79.9. The zero-order valence-electron chi connectivity index (χ0n) is 12.6. The summed E-state index contributed by atoms with van der Waals surface area (Å²) in [5.41, 5.74) is 1.74. The number of hydrogen-bond donors (Lipinski definition) is 0. The molecule has 0 unspecified atom stereocenters. The molecule has 0 atom stereocenters. The smallest absolute Gasteiger partial charge is 0.319 e. The van der Waals surface area contributed by atoms with E-state index in [4.69, 9.17) is 0 Å². The number of carbonyl (C=O) groups is 2. The van der Waals surface area contributed by atoms with Gasteiger partial charge in [0.1, 0.15) is 0 Å². The Hall–Kier alpha value is -1.56. The maximum atomic E-state index is 12.5. The third kappa shape index (κ3) is 3.75. The lowest BCUT2D eigenvalue weighted by atomic mass is 10.1. The first-order chi connectivity index (χ1) is 9.88. The molecule has 6 heteroatoms. The minimum atomic E-state index is 0.000369. The molecule has 1 aromatic rings. The second-order valence-corrected chi connectivity index (χ2v) is 6.39. The second-order valence-electron chi connectivity index (χ2n) is 5.47. The highest BCUT2D eigenvalue weighted by Gasteiger charge is 2.25. The van der Waals surface area contributed by atoms with Gasteiger partial charge < -0.3 is 14.7 Å². The van der Waals surface area contributed by atoms with Gasteiger partial charge in [-0.15, -0.1) is 0 Å². The zero-order chi connectivity index (χ0) is 15.6. The van der Waals surface area contributed by atoms with Crippen molar-refractivity contribution in [3.8, 4) is 0 Å². The van der Waals surface area contributed by atoms with Gasteiger partial charge in [0.15, 0.2) is 0 Å². The number of halogens is 1. The van der Waals surface area contributed by atoms with Gasteiger partial charge in [-0.05, 0) is 30.7 Å². The molecule has 0 spiro atoms. The number of carbonyl (C=O) groups excluding carboxylic acids is 2. The van der Waals surface area contributed by atoms with Crippen LogP contribution in [-0.4, -0.2) is 66.9 Å². The summed E-state index contributed by atoms with van der Waals surface area (Å²) in [4.78, 5) is 29.5. The third-order valence-electron chi connectivity index (χ3n) is 3.51. The monoisotopic (exact) mass is 353 g/mol. The van der Waals surface area contributed by atoms with E-state index >= 15 is 0 Å². The molecule has 1 heterocycles. The summed E-state index contributed by atoms with van der Waals surface area (Å²) >= 11 is 3.42. The van der Waals surface area contributed by atoms with E-state index in [-0.39, 0.29) is 11.9 Å². The topological polar surface area (TPSA) is 43.9 Å². The molecule has 0 saturated carbocycles. The SMILES string of the molecule is Cc1cc(Br)cc(C(=O)N2CCN(C(=O)N(C)C)CC2)c1. The molecular weight excluding hydrogens is 334 g/mol. The third-order valence-corrected chi connectivity index (χ3v) is 3.97. The van der Waals surface area contributed by atoms with Crippen molar-refractivity contribution in [2.75, 3.05) is 40.3 Å². The van der Waals surface area contributed by atoms with Gasteiger partial charge in [-0.2, -0.15) is 0 Å². The largest absolute Gasteiger partial charge is 0.335 e. The molecule has 0 aliphatic carbocycles. The number of aryl methyl sites for hydroxylation is 1. The van der Waals surface area contributed by atoms with Crippen molar-refractivity contribution in [1.29, 1.82) is 0 Å². The van der Waals surface area contributed by atoms with Crippen LogP contribution in [0.1, 0.15) is 15.9 Å². The van der Waals surface area contributed by atoms with E-state index < -0.39 is 0 Å². The maximum Gasteiger partial charge on any atom is 0.319 e. The van der Waals surface area contributed by atoms with E-state index in [1.54, 1.807) is 28.8 Å². The predicted octanol–water partition coefficient (Wildman–Crippen LogP) is 2.20. The summed E-state index contributed by atoms with van der Waals surface area (Å²) in [6, 6.07) is 5.71. The molecule has 0 aromatic heterocycles. The van der Waals surface area contributed by atoms with Gasteiger partial charge in [-0.3, -0.25) is 4.79 Å². The fourth-order valence-corrected chi connectivity index (χ4v) is 3.03. The molecule has 1 aliphatic heterocycles. The van der Waals surface area contributed by atoms with Crippen LogP contribution < -0.4 is 0 Å². The predicted molar refractivity (Wildman–Crippen MR) is 85.4 cm³/mol. The van der Waals surface area contributed by atoms with Gasteiger partial charge in [-0.25, -0.2) is 4.79 Å². The molecule has 0 N–H and O–H groups in total. The average Bonchev–Trinajstić information content (AvgIpc) is 2.44. The molecule has 2 rings (SSSR count). The van der Waals surface area contributed by atoms with Gasteiger partial charge in [0.05, 0.1) is 0 Å². The Labute approximate surface area is 133 Å². The van der Waals surface area contributed by atoms with Crippen LogP contribution in [0.3, 0.4) is 0 Å². The highest BCUT2D eigenvalue weighted by Crippen LogP contribution is 2.17. The van der Waals surface area contributed by atoms with Crippen LogP contribution in [0.4, 0.5) is 4.79 Å². The van der Waals surface area contributed by atoms with Gasteiger partial charge in [0.2, 0.25) is 0 Å². The number of piperazine rings is 1. The highest BCUT2D eigenvalue weighted by molar-refractivity contribution is 9.10. The second kappa shape index (κ2) is 6.47. The number of nitrogens with zero attached hydrogens (tertiary/aromatic N) is 3. The normalized spacial score (nSPS) is 15.0. The van der Waals surface area contributed by atoms with E-state index in [2.05, 4.69) is 15.9 Å². The first kappa shape index (κ1) is 15.8. The molecule has 0 bridgehead atoms. The van der Waals surface area contributed by atoms with Crippen LogP contribution in [0, 0.1) is 6.92 Å². The molecule has 0 radical (unpaired) electrons. The fraction of sp³-hybridized carbons (Fsp3) is 0.467. The quantitative estimate of drug-likeness (QED) is 0.776. The molecule has 21 heavy (non-hydrogen) atoms. The van der Waals surface area contributed by atoms with Crippen LogP contribution in [0.25, 0.3) is 0 Å². The number of urea groups is 1. The number of benzene rings is 1. The Balaban J connectivity index is 2.02. The zero-order valence-corrected chi connectivity index (χ0v) is 14.2. The number of amides is 3. The van der Waals surface area contributed by atoms with Crippen LogP contribution in [0.15, 0.2) is 22.7 Å². The number of rotatable bonds is 1. The fourth-order valence-electron chi connectivity index (χ4n) is 2.43. The van der Waals surface area contributed by atoms with E-state index in [0.717, 1.165) is 10.0 Å². The molecule has 1 aliphatic rings. The minimum absolute atomic E-state index is 0.000369. The van der Waals surface area contributed by atoms with Crippen LogP contribution in [-0.2, 0) is 0 Å². The lowest BCUT2D eigenvalue weighted by Crippen LogP contribution is -2.52. The van der Waals surface area contributed by atoms with Gasteiger partial charge in [-0.1, -0.05) is 15.9 Å². The molecular formula is C15H20BrN3O2. The summed E-state index contributed by atoms with van der Waals surface area (Å²) in [6.45, 7) is 4.27. The molecule has 5 nitrogen and oxygen atoms in total. The van der Waals surface area contributed by atoms with Gasteiger partial charge in [0, 0.05) is 50.3 Å². The lowest BCUT2D eigenvalue weighted by molar-refractivity contribution is 0.0650. The number of hydrogen-bond acceptors (Lipinski definition) is 2. The first-order valence-electron chi connectivity index (χ1n) is 6.91. The van der Waals surface area contributed by atoms with Crippen molar-refractivity contribution in [3.05, 3.63) is 33.8 Å². The Kier molecular flexibility index (Phi) is 4.88.